The maximum absolute atomic E-state index is 12.2. The molecule has 2 amide bonds. The summed E-state index contributed by atoms with van der Waals surface area (Å²) in [4.78, 5) is 24.5. The molecule has 152 valence electrons. The largest absolute Gasteiger partial charge is 0.497 e. The molecule has 0 unspecified atom stereocenters. The van der Waals surface area contributed by atoms with Gasteiger partial charge in [-0.1, -0.05) is 6.92 Å². The van der Waals surface area contributed by atoms with Crippen LogP contribution < -0.4 is 20.3 Å². The molecule has 0 aliphatic rings. The molecule has 8 heteroatoms. The maximum atomic E-state index is 12.2. The minimum atomic E-state index is -0.906. The molecule has 0 atom stereocenters. The van der Waals surface area contributed by atoms with E-state index in [0.717, 1.165) is 22.6 Å². The van der Waals surface area contributed by atoms with Crippen molar-refractivity contribution in [1.29, 1.82) is 0 Å². The number of hydrogen-bond acceptors (Lipinski definition) is 6. The SMILES string of the molecule is CCC(C(=O)N/N=C/c1ccc(OC)cc1)C(=O)N/N=C/c1ccc(OC)cc1. The maximum Gasteiger partial charge on any atom is 0.252 e. The number of rotatable bonds is 9. The molecule has 0 saturated heterocycles. The van der Waals surface area contributed by atoms with Crippen LogP contribution in [0.15, 0.2) is 58.7 Å². The molecule has 0 radical (unpaired) electrons. The van der Waals surface area contributed by atoms with Crippen LogP contribution in [0.3, 0.4) is 0 Å². The van der Waals surface area contributed by atoms with Gasteiger partial charge in [0.05, 0.1) is 26.6 Å². The number of nitrogens with zero attached hydrogens (tertiary/aromatic N) is 2. The van der Waals surface area contributed by atoms with Gasteiger partial charge in [-0.25, -0.2) is 10.9 Å². The Hall–Kier alpha value is -3.68. The first kappa shape index (κ1) is 21.6. The van der Waals surface area contributed by atoms with Gasteiger partial charge in [-0.05, 0) is 66.1 Å². The Kier molecular flexibility index (Phi) is 8.37. The fourth-order valence-corrected chi connectivity index (χ4v) is 2.37. The number of methoxy groups -OCH3 is 2. The predicted molar refractivity (Wildman–Crippen MR) is 111 cm³/mol. The summed E-state index contributed by atoms with van der Waals surface area (Å²) < 4.78 is 10.2. The molecule has 2 aromatic carbocycles. The molecule has 0 aliphatic carbocycles. The van der Waals surface area contributed by atoms with Crippen LogP contribution in [-0.4, -0.2) is 38.5 Å². The number of carbonyl (C=O) groups excluding carboxylic acids is 2. The van der Waals surface area contributed by atoms with Gasteiger partial charge in [-0.2, -0.15) is 10.2 Å². The summed E-state index contributed by atoms with van der Waals surface area (Å²) in [5.74, 6) is -0.465. The van der Waals surface area contributed by atoms with Crippen molar-refractivity contribution in [3.8, 4) is 11.5 Å². The third kappa shape index (κ3) is 6.76. The Morgan fingerprint density at radius 1 is 0.828 bits per heavy atom. The first-order chi connectivity index (χ1) is 14.1. The van der Waals surface area contributed by atoms with E-state index in [2.05, 4.69) is 21.1 Å². The Bertz CT molecular complexity index is 790. The first-order valence-corrected chi connectivity index (χ1v) is 9.01. The standard InChI is InChI=1S/C21H24N4O4/c1-4-19(20(26)24-22-13-15-5-9-17(28-2)10-6-15)21(27)25-23-14-16-7-11-18(29-3)12-8-16/h5-14,19H,4H2,1-3H3,(H,24,26)(H,25,27)/b22-13+,23-14+. The number of nitrogens with one attached hydrogen (secondary N) is 2. The lowest BCUT2D eigenvalue weighted by Crippen LogP contribution is -2.37. The molecule has 2 rings (SSSR count). The van der Waals surface area contributed by atoms with E-state index in [-0.39, 0.29) is 0 Å². The lowest BCUT2D eigenvalue weighted by Gasteiger charge is -2.10. The summed E-state index contributed by atoms with van der Waals surface area (Å²) in [6.45, 7) is 1.74. The van der Waals surface area contributed by atoms with Gasteiger partial charge in [0.15, 0.2) is 0 Å². The van der Waals surface area contributed by atoms with Crippen molar-refractivity contribution < 1.29 is 19.1 Å². The molecule has 0 fully saturated rings. The number of carbonyl (C=O) groups is 2. The Morgan fingerprint density at radius 2 is 1.21 bits per heavy atom. The second-order valence-corrected chi connectivity index (χ2v) is 5.98. The van der Waals surface area contributed by atoms with Crippen molar-refractivity contribution in [3.63, 3.8) is 0 Å². The van der Waals surface area contributed by atoms with Gasteiger partial charge in [0.1, 0.15) is 17.4 Å². The van der Waals surface area contributed by atoms with Crippen molar-refractivity contribution in [3.05, 3.63) is 59.7 Å². The van der Waals surface area contributed by atoms with E-state index in [0.29, 0.717) is 6.42 Å². The number of amides is 2. The number of hydrazone groups is 2. The highest BCUT2D eigenvalue weighted by atomic mass is 16.5. The van der Waals surface area contributed by atoms with Crippen LogP contribution >= 0.6 is 0 Å². The van der Waals surface area contributed by atoms with E-state index in [4.69, 9.17) is 9.47 Å². The zero-order valence-corrected chi connectivity index (χ0v) is 16.6. The molecule has 0 bridgehead atoms. The molecule has 0 heterocycles. The van der Waals surface area contributed by atoms with Gasteiger partial charge in [0.2, 0.25) is 0 Å². The Morgan fingerprint density at radius 3 is 1.52 bits per heavy atom. The smallest absolute Gasteiger partial charge is 0.252 e. The summed E-state index contributed by atoms with van der Waals surface area (Å²) in [5, 5.41) is 7.79. The van der Waals surface area contributed by atoms with Crippen molar-refractivity contribution in [2.75, 3.05) is 14.2 Å². The van der Waals surface area contributed by atoms with Crippen molar-refractivity contribution in [2.45, 2.75) is 13.3 Å². The zero-order chi connectivity index (χ0) is 21.1. The van der Waals surface area contributed by atoms with Crippen LogP contribution in [-0.2, 0) is 9.59 Å². The van der Waals surface area contributed by atoms with E-state index in [1.807, 2.05) is 0 Å². The minimum Gasteiger partial charge on any atom is -0.497 e. The van der Waals surface area contributed by atoms with Crippen molar-refractivity contribution in [1.82, 2.24) is 10.9 Å². The van der Waals surface area contributed by atoms with Gasteiger partial charge in [-0.15, -0.1) is 0 Å². The molecule has 2 aromatic rings. The van der Waals surface area contributed by atoms with Crippen molar-refractivity contribution >= 4 is 24.2 Å². The Balaban J connectivity index is 1.87. The third-order valence-corrected chi connectivity index (χ3v) is 4.05. The highest BCUT2D eigenvalue weighted by Crippen LogP contribution is 2.10. The fourth-order valence-electron chi connectivity index (χ4n) is 2.37. The van der Waals surface area contributed by atoms with E-state index >= 15 is 0 Å². The van der Waals surface area contributed by atoms with E-state index < -0.39 is 17.7 Å². The van der Waals surface area contributed by atoms with Crippen LogP contribution in [0.4, 0.5) is 0 Å². The Labute approximate surface area is 169 Å². The number of hydrogen-bond donors (Lipinski definition) is 2. The molecule has 0 spiro atoms. The average molecular weight is 396 g/mol. The van der Waals surface area contributed by atoms with Crippen LogP contribution in [0.1, 0.15) is 24.5 Å². The van der Waals surface area contributed by atoms with E-state index in [9.17, 15) is 9.59 Å². The predicted octanol–water partition coefficient (Wildman–Crippen LogP) is 2.33. The van der Waals surface area contributed by atoms with Crippen LogP contribution in [0, 0.1) is 5.92 Å². The molecule has 0 aliphatic heterocycles. The zero-order valence-electron chi connectivity index (χ0n) is 16.6. The topological polar surface area (TPSA) is 101 Å². The molecule has 0 aromatic heterocycles. The number of benzene rings is 2. The molecule has 29 heavy (non-hydrogen) atoms. The van der Waals surface area contributed by atoms with E-state index in [1.165, 1.54) is 12.4 Å². The minimum absolute atomic E-state index is 0.313. The lowest BCUT2D eigenvalue weighted by molar-refractivity contribution is -0.135. The summed E-state index contributed by atoms with van der Waals surface area (Å²) in [5.41, 5.74) is 6.34. The van der Waals surface area contributed by atoms with Gasteiger partial charge in [0.25, 0.3) is 11.8 Å². The third-order valence-electron chi connectivity index (χ3n) is 4.05. The van der Waals surface area contributed by atoms with Gasteiger partial charge < -0.3 is 9.47 Å². The summed E-state index contributed by atoms with van der Waals surface area (Å²) in [6.07, 6.45) is 3.29. The molecular formula is C21H24N4O4. The van der Waals surface area contributed by atoms with Crippen LogP contribution in [0.25, 0.3) is 0 Å². The van der Waals surface area contributed by atoms with E-state index in [1.54, 1.807) is 69.7 Å². The first-order valence-electron chi connectivity index (χ1n) is 9.01. The summed E-state index contributed by atoms with van der Waals surface area (Å²) in [7, 11) is 3.17. The van der Waals surface area contributed by atoms with Crippen molar-refractivity contribution in [2.24, 2.45) is 16.1 Å². The van der Waals surface area contributed by atoms with Gasteiger partial charge in [0, 0.05) is 0 Å². The molecule has 8 nitrogen and oxygen atoms in total. The molecule has 0 saturated carbocycles. The summed E-state index contributed by atoms with van der Waals surface area (Å²) >= 11 is 0. The van der Waals surface area contributed by atoms with Crippen LogP contribution in [0.2, 0.25) is 0 Å². The van der Waals surface area contributed by atoms with Crippen LogP contribution in [0.5, 0.6) is 11.5 Å². The number of ether oxygens (including phenoxy) is 2. The molecule has 2 N–H and O–H groups in total. The highest BCUT2D eigenvalue weighted by molar-refractivity contribution is 6.00. The quantitative estimate of drug-likeness (QED) is 0.386. The van der Waals surface area contributed by atoms with Gasteiger partial charge in [-0.3, -0.25) is 9.59 Å². The second-order valence-electron chi connectivity index (χ2n) is 5.98. The molecular weight excluding hydrogens is 372 g/mol. The summed E-state index contributed by atoms with van der Waals surface area (Å²) in [6, 6.07) is 14.3. The monoisotopic (exact) mass is 396 g/mol. The normalized spacial score (nSPS) is 11.0. The van der Waals surface area contributed by atoms with Gasteiger partial charge >= 0.3 is 0 Å². The lowest BCUT2D eigenvalue weighted by atomic mass is 10.1. The highest BCUT2D eigenvalue weighted by Gasteiger charge is 2.24. The fraction of sp³-hybridized carbons (Fsp3) is 0.238. The average Bonchev–Trinajstić information content (AvgIpc) is 2.75. The second kappa shape index (κ2) is 11.2.